The third-order valence-electron chi connectivity index (χ3n) is 10.7. The molecule has 264 valence electrons. The van der Waals surface area contributed by atoms with E-state index in [4.69, 9.17) is 4.63 Å². The van der Waals surface area contributed by atoms with Crippen molar-refractivity contribution in [3.63, 3.8) is 0 Å². The number of urea groups is 1. The maximum atomic E-state index is 14.3. The van der Waals surface area contributed by atoms with Crippen LogP contribution < -0.4 is 21.3 Å². The molecular formula is C36H41F2N7O5. The Balaban J connectivity index is 1.16. The number of halogens is 2. The summed E-state index contributed by atoms with van der Waals surface area (Å²) in [6, 6.07) is 9.68. The number of hydrogen-bond donors (Lipinski definition) is 4. The zero-order valence-corrected chi connectivity index (χ0v) is 28.2. The molecule has 2 aromatic carbocycles. The third kappa shape index (κ3) is 6.42. The molecule has 7 rings (SSSR count). The van der Waals surface area contributed by atoms with Crippen molar-refractivity contribution in [2.75, 3.05) is 17.2 Å². The average molecular weight is 690 g/mol. The quantitative estimate of drug-likeness (QED) is 0.208. The summed E-state index contributed by atoms with van der Waals surface area (Å²) in [5.41, 5.74) is 0.643. The summed E-state index contributed by atoms with van der Waals surface area (Å²) < 4.78 is 32.5. The first kappa shape index (κ1) is 33.6. The number of fused-ring (bicyclic) bond motifs is 1. The lowest BCUT2D eigenvalue weighted by Gasteiger charge is -2.37. The Labute approximate surface area is 288 Å². The van der Waals surface area contributed by atoms with Crippen LogP contribution in [0, 0.1) is 30.6 Å². The van der Waals surface area contributed by atoms with Gasteiger partial charge in [0.1, 0.15) is 17.3 Å². The minimum atomic E-state index is -2.81. The van der Waals surface area contributed by atoms with Gasteiger partial charge in [0.2, 0.25) is 5.91 Å². The van der Waals surface area contributed by atoms with Crippen molar-refractivity contribution in [3.05, 3.63) is 70.5 Å². The van der Waals surface area contributed by atoms with Crippen LogP contribution in [0.15, 0.2) is 47.1 Å². The summed E-state index contributed by atoms with van der Waals surface area (Å²) in [4.78, 5) is 56.5. The number of benzene rings is 2. The molecule has 14 heteroatoms. The van der Waals surface area contributed by atoms with E-state index in [0.717, 1.165) is 36.8 Å². The Morgan fingerprint density at radius 1 is 0.980 bits per heavy atom. The highest BCUT2D eigenvalue weighted by molar-refractivity contribution is 6.03. The highest BCUT2D eigenvalue weighted by atomic mass is 19.3. The first-order valence-electron chi connectivity index (χ1n) is 17.2. The predicted molar refractivity (Wildman–Crippen MR) is 178 cm³/mol. The Kier molecular flexibility index (Phi) is 8.81. The van der Waals surface area contributed by atoms with E-state index in [-0.39, 0.29) is 60.1 Å². The SMILES string of the molecule is Cc1nonc1C(=O)N[C@H](C(=O)Nc1ccc2c(c1)CC(C(=O)Nc1ccccc1C(F)F)(N1C[C@@H](C(C)C)NC1=O)C2)C(C1CC1)C1CC1. The number of carbonyl (C=O) groups is 4. The molecule has 3 aliphatic carbocycles. The fourth-order valence-electron chi connectivity index (χ4n) is 7.65. The van der Waals surface area contributed by atoms with Crippen molar-refractivity contribution < 1.29 is 32.6 Å². The first-order chi connectivity index (χ1) is 23.9. The van der Waals surface area contributed by atoms with E-state index in [1.54, 1.807) is 25.1 Å². The van der Waals surface area contributed by atoms with Gasteiger partial charge in [0.25, 0.3) is 18.2 Å². The summed E-state index contributed by atoms with van der Waals surface area (Å²) in [5, 5.41) is 19.1. The molecule has 3 fully saturated rings. The summed E-state index contributed by atoms with van der Waals surface area (Å²) in [7, 11) is 0. The Bertz CT molecular complexity index is 1810. The van der Waals surface area contributed by atoms with Crippen molar-refractivity contribution in [1.29, 1.82) is 0 Å². The molecule has 1 aliphatic heterocycles. The van der Waals surface area contributed by atoms with Crippen molar-refractivity contribution >= 4 is 35.1 Å². The van der Waals surface area contributed by atoms with Gasteiger partial charge in [-0.2, -0.15) is 0 Å². The number of nitrogens with zero attached hydrogens (tertiary/aromatic N) is 3. The van der Waals surface area contributed by atoms with Crippen LogP contribution in [-0.2, 0) is 22.4 Å². The van der Waals surface area contributed by atoms with E-state index in [0.29, 0.717) is 23.2 Å². The first-order valence-corrected chi connectivity index (χ1v) is 17.2. The zero-order chi connectivity index (χ0) is 35.3. The number of alkyl halides is 2. The molecule has 2 heterocycles. The van der Waals surface area contributed by atoms with Crippen LogP contribution in [0.2, 0.25) is 0 Å². The van der Waals surface area contributed by atoms with Gasteiger partial charge in [-0.15, -0.1) is 0 Å². The van der Waals surface area contributed by atoms with Crippen LogP contribution in [0.1, 0.15) is 78.8 Å². The third-order valence-corrected chi connectivity index (χ3v) is 10.7. The van der Waals surface area contributed by atoms with Gasteiger partial charge in [0.15, 0.2) is 5.69 Å². The summed E-state index contributed by atoms with van der Waals surface area (Å²) in [5.74, 6) is -0.705. The van der Waals surface area contributed by atoms with E-state index >= 15 is 0 Å². The average Bonchev–Trinajstić information content (AvgIpc) is 3.98. The lowest BCUT2D eigenvalue weighted by atomic mass is 9.88. The standard InChI is InChI=1S/C36H41F2N7O5/c1-18(2)27-17-45(35(49)41-27)36(34(48)40-26-7-5-4-6-25(26)31(37)38)15-22-12-13-24(14-23(22)16-36)39-33(47)30(28(20-8-9-20)21-10-11-21)42-32(46)29-19(3)43-50-44-29/h4-7,12-14,18,20-21,27-28,30-31H,8-11,15-17H2,1-3H3,(H,39,47)(H,40,48)(H,41,49)(H,42,46)/t27-,30-,36?/m0/s1. The molecule has 0 spiro atoms. The number of nitrogens with one attached hydrogen (secondary N) is 4. The molecule has 5 amide bonds. The summed E-state index contributed by atoms with van der Waals surface area (Å²) in [6.45, 7) is 5.84. The van der Waals surface area contributed by atoms with Crippen molar-refractivity contribution in [1.82, 2.24) is 25.8 Å². The molecule has 1 saturated heterocycles. The molecule has 3 atom stereocenters. The number of carbonyl (C=O) groups excluding carboxylic acids is 4. The monoisotopic (exact) mass is 689 g/mol. The summed E-state index contributed by atoms with van der Waals surface area (Å²) >= 11 is 0. The maximum absolute atomic E-state index is 14.3. The van der Waals surface area contributed by atoms with Gasteiger partial charge in [-0.05, 0) is 90.8 Å². The minimum absolute atomic E-state index is 0.0126. The molecule has 3 aromatic rings. The largest absolute Gasteiger partial charge is 0.338 e. The lowest BCUT2D eigenvalue weighted by Crippen LogP contribution is -2.59. The van der Waals surface area contributed by atoms with E-state index in [2.05, 4.69) is 31.6 Å². The van der Waals surface area contributed by atoms with Crippen LogP contribution in [0.5, 0.6) is 0 Å². The number of hydrogen-bond acceptors (Lipinski definition) is 7. The molecule has 12 nitrogen and oxygen atoms in total. The number of para-hydroxylation sites is 1. The lowest BCUT2D eigenvalue weighted by molar-refractivity contribution is -0.125. The number of amides is 5. The second kappa shape index (κ2) is 13.1. The fraction of sp³-hybridized carbons (Fsp3) is 0.500. The molecule has 4 aliphatic rings. The van der Waals surface area contributed by atoms with Gasteiger partial charge < -0.3 is 26.2 Å². The molecule has 0 bridgehead atoms. The highest BCUT2D eigenvalue weighted by Crippen LogP contribution is 2.51. The van der Waals surface area contributed by atoms with Gasteiger partial charge >= 0.3 is 6.03 Å². The van der Waals surface area contributed by atoms with Crippen molar-refractivity contribution in [2.24, 2.45) is 23.7 Å². The van der Waals surface area contributed by atoms with E-state index in [1.165, 1.54) is 23.1 Å². The van der Waals surface area contributed by atoms with Crippen LogP contribution in [0.4, 0.5) is 25.0 Å². The molecule has 1 aromatic heterocycles. The topological polar surface area (TPSA) is 159 Å². The molecule has 50 heavy (non-hydrogen) atoms. The maximum Gasteiger partial charge on any atom is 0.318 e. The Morgan fingerprint density at radius 2 is 1.68 bits per heavy atom. The number of aryl methyl sites for hydroxylation is 1. The number of rotatable bonds is 12. The van der Waals surface area contributed by atoms with Gasteiger partial charge in [0.05, 0.1) is 6.04 Å². The van der Waals surface area contributed by atoms with Crippen LogP contribution >= 0.6 is 0 Å². The normalized spacial score (nSPS) is 22.1. The molecule has 1 unspecified atom stereocenters. The van der Waals surface area contributed by atoms with Crippen molar-refractivity contribution in [2.45, 2.75) is 83.3 Å². The highest BCUT2D eigenvalue weighted by Gasteiger charge is 2.54. The van der Waals surface area contributed by atoms with E-state index in [9.17, 15) is 28.0 Å². The minimum Gasteiger partial charge on any atom is -0.338 e. The smallest absolute Gasteiger partial charge is 0.318 e. The van der Waals surface area contributed by atoms with Crippen molar-refractivity contribution in [3.8, 4) is 0 Å². The zero-order valence-electron chi connectivity index (χ0n) is 28.2. The molecule has 2 saturated carbocycles. The van der Waals surface area contributed by atoms with Gasteiger partial charge in [-0.1, -0.05) is 43.3 Å². The van der Waals surface area contributed by atoms with Gasteiger partial charge in [-0.25, -0.2) is 18.2 Å². The summed E-state index contributed by atoms with van der Waals surface area (Å²) in [6.07, 6.45) is 1.45. The van der Waals surface area contributed by atoms with Crippen LogP contribution in [0.3, 0.4) is 0 Å². The number of aromatic nitrogens is 2. The van der Waals surface area contributed by atoms with E-state index in [1.807, 2.05) is 19.9 Å². The van der Waals surface area contributed by atoms with Gasteiger partial charge in [0, 0.05) is 36.3 Å². The Hall–Kier alpha value is -4.88. The molecule has 0 radical (unpaired) electrons. The second-order valence-electron chi connectivity index (χ2n) is 14.5. The second-order valence-corrected chi connectivity index (χ2v) is 14.5. The van der Waals surface area contributed by atoms with Crippen LogP contribution in [0.25, 0.3) is 0 Å². The van der Waals surface area contributed by atoms with Gasteiger partial charge in [-0.3, -0.25) is 14.4 Å². The predicted octanol–water partition coefficient (Wildman–Crippen LogP) is 5.01. The fourth-order valence-corrected chi connectivity index (χ4v) is 7.65. The van der Waals surface area contributed by atoms with E-state index < -0.39 is 35.9 Å². The Morgan fingerprint density at radius 3 is 2.30 bits per heavy atom. The molecular weight excluding hydrogens is 648 g/mol. The van der Waals surface area contributed by atoms with Crippen LogP contribution in [-0.4, -0.2) is 63.1 Å². The number of anilines is 2. The molecule has 4 N–H and O–H groups in total.